The molecule has 2 heterocycles. The number of aromatic amines is 1. The highest BCUT2D eigenvalue weighted by Crippen LogP contribution is 2.10. The zero-order valence-corrected chi connectivity index (χ0v) is 7.69. The highest BCUT2D eigenvalue weighted by molar-refractivity contribution is 5.44. The molecule has 2 rings (SSSR count). The van der Waals surface area contributed by atoms with Gasteiger partial charge in [0.1, 0.15) is 0 Å². The Hall–Kier alpha value is -1.76. The Balaban J connectivity index is 2.10. The summed E-state index contributed by atoms with van der Waals surface area (Å²) in [6.45, 7) is 0.806. The standard InChI is InChI=1S/C7H10N6O/c1-8-3-2-6-10-7(12-14-6)5-4-9-13-11-5/h4,8H,2-3H2,1H3,(H,9,11,13). The molecule has 0 aliphatic heterocycles. The molecular weight excluding hydrogens is 184 g/mol. The van der Waals surface area contributed by atoms with Gasteiger partial charge in [-0.3, -0.25) is 0 Å². The third-order valence-corrected chi connectivity index (χ3v) is 1.70. The fourth-order valence-electron chi connectivity index (χ4n) is 1.00. The summed E-state index contributed by atoms with van der Waals surface area (Å²) >= 11 is 0. The first-order chi connectivity index (χ1) is 6.90. The molecule has 0 unspecified atom stereocenters. The molecular formula is C7H10N6O. The number of H-pyrrole nitrogens is 1. The van der Waals surface area contributed by atoms with Gasteiger partial charge in [0, 0.05) is 13.0 Å². The lowest BCUT2D eigenvalue weighted by Crippen LogP contribution is -2.10. The molecule has 0 aromatic carbocycles. The van der Waals surface area contributed by atoms with Gasteiger partial charge in [-0.05, 0) is 7.05 Å². The van der Waals surface area contributed by atoms with Crippen molar-refractivity contribution in [1.29, 1.82) is 0 Å². The van der Waals surface area contributed by atoms with E-state index in [0.29, 0.717) is 23.8 Å². The number of hydrogen-bond donors (Lipinski definition) is 2. The van der Waals surface area contributed by atoms with Crippen molar-refractivity contribution in [3.8, 4) is 11.5 Å². The molecule has 0 aliphatic rings. The Morgan fingerprint density at radius 2 is 2.50 bits per heavy atom. The lowest BCUT2D eigenvalue weighted by Gasteiger charge is -1.90. The first kappa shape index (κ1) is 8.82. The minimum atomic E-state index is 0.463. The SMILES string of the molecule is CNCCc1nc(-c2cn[nH]n2)no1. The van der Waals surface area contributed by atoms with Crippen molar-refractivity contribution in [3.05, 3.63) is 12.1 Å². The number of nitrogens with zero attached hydrogens (tertiary/aromatic N) is 4. The smallest absolute Gasteiger partial charge is 0.228 e. The van der Waals surface area contributed by atoms with E-state index in [9.17, 15) is 0 Å². The van der Waals surface area contributed by atoms with Crippen LogP contribution >= 0.6 is 0 Å². The monoisotopic (exact) mass is 194 g/mol. The Morgan fingerprint density at radius 3 is 3.21 bits per heavy atom. The van der Waals surface area contributed by atoms with Crippen molar-refractivity contribution in [3.63, 3.8) is 0 Å². The number of aromatic nitrogens is 5. The fraction of sp³-hybridized carbons (Fsp3) is 0.429. The van der Waals surface area contributed by atoms with Crippen LogP contribution < -0.4 is 5.32 Å². The molecule has 0 aliphatic carbocycles. The largest absolute Gasteiger partial charge is 0.339 e. The van der Waals surface area contributed by atoms with Gasteiger partial charge in [0.2, 0.25) is 11.7 Å². The second-order valence-electron chi connectivity index (χ2n) is 2.72. The molecule has 0 saturated carbocycles. The molecule has 0 radical (unpaired) electrons. The van der Waals surface area contributed by atoms with E-state index in [1.54, 1.807) is 6.20 Å². The van der Waals surface area contributed by atoms with Crippen molar-refractivity contribution in [2.75, 3.05) is 13.6 Å². The molecule has 74 valence electrons. The summed E-state index contributed by atoms with van der Waals surface area (Å²) < 4.78 is 5.01. The predicted octanol–water partition coefficient (Wildman–Crippen LogP) is -0.383. The minimum Gasteiger partial charge on any atom is -0.339 e. The average Bonchev–Trinajstić information content (AvgIpc) is 2.85. The van der Waals surface area contributed by atoms with E-state index >= 15 is 0 Å². The first-order valence-corrected chi connectivity index (χ1v) is 4.23. The van der Waals surface area contributed by atoms with Crippen LogP contribution in [-0.2, 0) is 6.42 Å². The van der Waals surface area contributed by atoms with Crippen molar-refractivity contribution in [1.82, 2.24) is 30.9 Å². The number of rotatable bonds is 4. The molecule has 7 nitrogen and oxygen atoms in total. The van der Waals surface area contributed by atoms with Crippen LogP contribution in [0.25, 0.3) is 11.5 Å². The lowest BCUT2D eigenvalue weighted by atomic mass is 10.4. The van der Waals surface area contributed by atoms with Crippen LogP contribution in [0.4, 0.5) is 0 Å². The van der Waals surface area contributed by atoms with Crippen molar-refractivity contribution >= 4 is 0 Å². The van der Waals surface area contributed by atoms with Crippen LogP contribution in [0.15, 0.2) is 10.7 Å². The quantitative estimate of drug-likeness (QED) is 0.689. The first-order valence-electron chi connectivity index (χ1n) is 4.23. The summed E-state index contributed by atoms with van der Waals surface area (Å²) in [6, 6.07) is 0. The molecule has 7 heteroatoms. The highest BCUT2D eigenvalue weighted by atomic mass is 16.5. The van der Waals surface area contributed by atoms with Gasteiger partial charge in [-0.2, -0.15) is 20.4 Å². The van der Waals surface area contributed by atoms with Gasteiger partial charge < -0.3 is 9.84 Å². The summed E-state index contributed by atoms with van der Waals surface area (Å²) in [5.74, 6) is 1.06. The topological polar surface area (TPSA) is 92.5 Å². The summed E-state index contributed by atoms with van der Waals surface area (Å²) in [6.07, 6.45) is 2.26. The third-order valence-electron chi connectivity index (χ3n) is 1.70. The van der Waals surface area contributed by atoms with Crippen LogP contribution in [0, 0.1) is 0 Å². The van der Waals surface area contributed by atoms with E-state index in [-0.39, 0.29) is 0 Å². The third kappa shape index (κ3) is 1.77. The zero-order valence-electron chi connectivity index (χ0n) is 7.69. The Morgan fingerprint density at radius 1 is 1.57 bits per heavy atom. The molecule has 2 aromatic rings. The Bertz CT molecular complexity index is 381. The van der Waals surface area contributed by atoms with Gasteiger partial charge in [0.25, 0.3) is 0 Å². The summed E-state index contributed by atoms with van der Waals surface area (Å²) in [4.78, 5) is 4.15. The van der Waals surface area contributed by atoms with E-state index in [0.717, 1.165) is 6.54 Å². The molecule has 0 bridgehead atoms. The van der Waals surface area contributed by atoms with Gasteiger partial charge >= 0.3 is 0 Å². The second-order valence-corrected chi connectivity index (χ2v) is 2.72. The molecule has 2 N–H and O–H groups in total. The molecule has 0 spiro atoms. The van der Waals surface area contributed by atoms with E-state index in [1.165, 1.54) is 0 Å². The molecule has 0 atom stereocenters. The Kier molecular flexibility index (Phi) is 2.50. The van der Waals surface area contributed by atoms with Gasteiger partial charge in [0.15, 0.2) is 5.69 Å². The van der Waals surface area contributed by atoms with Gasteiger partial charge in [-0.25, -0.2) is 0 Å². The lowest BCUT2D eigenvalue weighted by molar-refractivity contribution is 0.377. The van der Waals surface area contributed by atoms with Crippen molar-refractivity contribution in [2.45, 2.75) is 6.42 Å². The van der Waals surface area contributed by atoms with Crippen LogP contribution in [0.5, 0.6) is 0 Å². The Labute approximate surface area is 79.9 Å². The van der Waals surface area contributed by atoms with Gasteiger partial charge in [-0.15, -0.1) is 0 Å². The molecule has 0 amide bonds. The molecule has 0 saturated heterocycles. The normalized spacial score (nSPS) is 10.6. The average molecular weight is 194 g/mol. The van der Waals surface area contributed by atoms with E-state index in [2.05, 4.69) is 30.9 Å². The second kappa shape index (κ2) is 3.97. The van der Waals surface area contributed by atoms with Gasteiger partial charge in [0.05, 0.1) is 6.20 Å². The predicted molar refractivity (Wildman–Crippen MR) is 47.3 cm³/mol. The van der Waals surface area contributed by atoms with Crippen LogP contribution in [0.1, 0.15) is 5.89 Å². The van der Waals surface area contributed by atoms with E-state index in [4.69, 9.17) is 4.52 Å². The van der Waals surface area contributed by atoms with Crippen LogP contribution in [-0.4, -0.2) is 39.1 Å². The maximum Gasteiger partial charge on any atom is 0.228 e. The van der Waals surface area contributed by atoms with Crippen LogP contribution in [0.2, 0.25) is 0 Å². The summed E-state index contributed by atoms with van der Waals surface area (Å²) in [5.41, 5.74) is 0.587. The zero-order chi connectivity index (χ0) is 9.80. The highest BCUT2D eigenvalue weighted by Gasteiger charge is 2.09. The maximum atomic E-state index is 5.01. The fourth-order valence-corrected chi connectivity index (χ4v) is 1.00. The van der Waals surface area contributed by atoms with Crippen LogP contribution in [0.3, 0.4) is 0 Å². The van der Waals surface area contributed by atoms with E-state index in [1.807, 2.05) is 7.05 Å². The maximum absolute atomic E-state index is 5.01. The summed E-state index contributed by atoms with van der Waals surface area (Å²) in [5, 5.41) is 16.8. The molecule has 0 fully saturated rings. The number of nitrogens with one attached hydrogen (secondary N) is 2. The summed E-state index contributed by atoms with van der Waals surface area (Å²) in [7, 11) is 1.87. The number of hydrogen-bond acceptors (Lipinski definition) is 6. The number of likely N-dealkylation sites (N-methyl/N-ethyl adjacent to an activating group) is 1. The van der Waals surface area contributed by atoms with Crippen molar-refractivity contribution in [2.24, 2.45) is 0 Å². The van der Waals surface area contributed by atoms with E-state index < -0.39 is 0 Å². The minimum absolute atomic E-state index is 0.463. The molecule has 2 aromatic heterocycles. The molecule has 14 heavy (non-hydrogen) atoms. The van der Waals surface area contributed by atoms with Gasteiger partial charge in [-0.1, -0.05) is 5.16 Å². The van der Waals surface area contributed by atoms with Crippen molar-refractivity contribution < 1.29 is 4.52 Å².